The first-order chi connectivity index (χ1) is 10.9. The fourth-order valence-electron chi connectivity index (χ4n) is 2.25. The molecule has 1 aromatic heterocycles. The maximum Gasteiger partial charge on any atom is 0.228 e. The first-order valence-corrected chi connectivity index (χ1v) is 7.63. The van der Waals surface area contributed by atoms with E-state index in [1.165, 1.54) is 0 Å². The minimum absolute atomic E-state index is 0.0262. The standard InChI is InChI=1S/C17H24N4O2/c1-17(23,14-7-5-4-6-8-14)13-16(22)18-15-9-10-21(19-15)12-11-20(2)3/h4-10,23H,11-13H2,1-3H3,(H,18,19,22). The zero-order chi connectivity index (χ0) is 16.9. The van der Waals surface area contributed by atoms with Gasteiger partial charge in [-0.1, -0.05) is 30.3 Å². The molecule has 0 bridgehead atoms. The molecule has 6 heteroatoms. The van der Waals surface area contributed by atoms with Gasteiger partial charge in [-0.3, -0.25) is 9.48 Å². The number of hydrogen-bond donors (Lipinski definition) is 2. The summed E-state index contributed by atoms with van der Waals surface area (Å²) in [5.41, 5.74) is -0.495. The Kier molecular flexibility index (Phi) is 5.52. The van der Waals surface area contributed by atoms with Crippen LogP contribution >= 0.6 is 0 Å². The Morgan fingerprint density at radius 2 is 2.00 bits per heavy atom. The second-order valence-corrected chi connectivity index (χ2v) is 6.13. The maximum atomic E-state index is 12.1. The molecule has 0 aliphatic rings. The van der Waals surface area contributed by atoms with E-state index in [0.29, 0.717) is 11.4 Å². The Morgan fingerprint density at radius 1 is 1.30 bits per heavy atom. The summed E-state index contributed by atoms with van der Waals surface area (Å²) in [5.74, 6) is 0.231. The Bertz CT molecular complexity index is 635. The van der Waals surface area contributed by atoms with Crippen LogP contribution in [0.2, 0.25) is 0 Å². The average Bonchev–Trinajstić information content (AvgIpc) is 2.93. The molecule has 124 valence electrons. The van der Waals surface area contributed by atoms with Crippen molar-refractivity contribution in [2.45, 2.75) is 25.5 Å². The van der Waals surface area contributed by atoms with E-state index in [9.17, 15) is 9.90 Å². The number of benzene rings is 1. The van der Waals surface area contributed by atoms with Gasteiger partial charge in [0.1, 0.15) is 0 Å². The molecule has 1 unspecified atom stereocenters. The fourth-order valence-corrected chi connectivity index (χ4v) is 2.25. The molecule has 0 saturated heterocycles. The van der Waals surface area contributed by atoms with E-state index in [4.69, 9.17) is 0 Å². The molecular weight excluding hydrogens is 292 g/mol. The van der Waals surface area contributed by atoms with E-state index in [0.717, 1.165) is 13.1 Å². The number of amides is 1. The molecule has 1 amide bonds. The van der Waals surface area contributed by atoms with Gasteiger partial charge in [-0.05, 0) is 26.6 Å². The number of aromatic nitrogens is 2. The van der Waals surface area contributed by atoms with Crippen molar-refractivity contribution in [3.8, 4) is 0 Å². The van der Waals surface area contributed by atoms with E-state index >= 15 is 0 Å². The third-order valence-corrected chi connectivity index (χ3v) is 3.58. The number of rotatable bonds is 7. The summed E-state index contributed by atoms with van der Waals surface area (Å²) in [6.07, 6.45) is 1.80. The number of carbonyl (C=O) groups excluding carboxylic acids is 1. The van der Waals surface area contributed by atoms with Crippen LogP contribution in [-0.2, 0) is 16.9 Å². The molecule has 2 N–H and O–H groups in total. The summed E-state index contributed by atoms with van der Waals surface area (Å²) >= 11 is 0. The summed E-state index contributed by atoms with van der Waals surface area (Å²) in [7, 11) is 4.00. The molecule has 0 saturated carbocycles. The van der Waals surface area contributed by atoms with Crippen molar-refractivity contribution >= 4 is 11.7 Å². The second-order valence-electron chi connectivity index (χ2n) is 6.13. The maximum absolute atomic E-state index is 12.1. The predicted octanol–water partition coefficient (Wildman–Crippen LogP) is 1.68. The lowest BCUT2D eigenvalue weighted by Gasteiger charge is -2.22. The highest BCUT2D eigenvalue weighted by molar-refractivity contribution is 5.90. The molecule has 2 aromatic rings. The van der Waals surface area contributed by atoms with E-state index < -0.39 is 5.60 Å². The lowest BCUT2D eigenvalue weighted by Crippen LogP contribution is -2.28. The lowest BCUT2D eigenvalue weighted by molar-refractivity contribution is -0.120. The van der Waals surface area contributed by atoms with Crippen molar-refractivity contribution in [2.75, 3.05) is 26.0 Å². The van der Waals surface area contributed by atoms with Crippen LogP contribution in [0.5, 0.6) is 0 Å². The van der Waals surface area contributed by atoms with Crippen molar-refractivity contribution in [3.63, 3.8) is 0 Å². The van der Waals surface area contributed by atoms with Crippen LogP contribution in [-0.4, -0.2) is 46.3 Å². The second kappa shape index (κ2) is 7.39. The average molecular weight is 316 g/mol. The lowest BCUT2D eigenvalue weighted by atomic mass is 9.92. The number of anilines is 1. The van der Waals surface area contributed by atoms with Crippen LogP contribution in [0.3, 0.4) is 0 Å². The largest absolute Gasteiger partial charge is 0.385 e. The number of nitrogens with zero attached hydrogens (tertiary/aromatic N) is 3. The van der Waals surface area contributed by atoms with Crippen LogP contribution in [0.1, 0.15) is 18.9 Å². The van der Waals surface area contributed by atoms with Crippen LogP contribution in [0.15, 0.2) is 42.6 Å². The Hall–Kier alpha value is -2.18. The highest BCUT2D eigenvalue weighted by atomic mass is 16.3. The van der Waals surface area contributed by atoms with Gasteiger partial charge in [0.15, 0.2) is 5.82 Å². The number of aliphatic hydroxyl groups is 1. The molecule has 1 heterocycles. The minimum Gasteiger partial charge on any atom is -0.385 e. The quantitative estimate of drug-likeness (QED) is 0.815. The number of nitrogens with one attached hydrogen (secondary N) is 1. The number of carbonyl (C=O) groups is 1. The summed E-state index contributed by atoms with van der Waals surface area (Å²) < 4.78 is 1.78. The summed E-state index contributed by atoms with van der Waals surface area (Å²) in [5, 5.41) is 17.5. The van der Waals surface area contributed by atoms with E-state index in [2.05, 4.69) is 15.3 Å². The zero-order valence-corrected chi connectivity index (χ0v) is 13.9. The minimum atomic E-state index is -1.21. The van der Waals surface area contributed by atoms with Crippen LogP contribution in [0, 0.1) is 0 Å². The van der Waals surface area contributed by atoms with Gasteiger partial charge in [0.2, 0.25) is 5.91 Å². The third kappa shape index (κ3) is 5.19. The van der Waals surface area contributed by atoms with E-state index in [-0.39, 0.29) is 12.3 Å². The van der Waals surface area contributed by atoms with Gasteiger partial charge < -0.3 is 15.3 Å². The molecule has 1 aromatic carbocycles. The number of hydrogen-bond acceptors (Lipinski definition) is 4. The van der Waals surface area contributed by atoms with Gasteiger partial charge in [0, 0.05) is 18.8 Å². The van der Waals surface area contributed by atoms with Gasteiger partial charge in [0.05, 0.1) is 18.6 Å². The summed E-state index contributed by atoms with van der Waals surface area (Å²) in [6, 6.07) is 10.9. The van der Waals surface area contributed by atoms with Gasteiger partial charge in [-0.25, -0.2) is 0 Å². The molecule has 0 aliphatic heterocycles. The van der Waals surface area contributed by atoms with Gasteiger partial charge >= 0.3 is 0 Å². The molecule has 6 nitrogen and oxygen atoms in total. The van der Waals surface area contributed by atoms with Crippen LogP contribution in [0.25, 0.3) is 0 Å². The molecule has 1 atom stereocenters. The van der Waals surface area contributed by atoms with E-state index in [1.54, 1.807) is 17.7 Å². The highest BCUT2D eigenvalue weighted by Crippen LogP contribution is 2.24. The van der Waals surface area contributed by atoms with Crippen molar-refractivity contribution in [1.82, 2.24) is 14.7 Å². The van der Waals surface area contributed by atoms with Crippen LogP contribution < -0.4 is 5.32 Å². The molecule has 0 aliphatic carbocycles. The first kappa shape index (κ1) is 17.2. The predicted molar refractivity (Wildman–Crippen MR) is 90.0 cm³/mol. The first-order valence-electron chi connectivity index (χ1n) is 7.63. The monoisotopic (exact) mass is 316 g/mol. The van der Waals surface area contributed by atoms with Crippen molar-refractivity contribution in [2.24, 2.45) is 0 Å². The highest BCUT2D eigenvalue weighted by Gasteiger charge is 2.26. The molecule has 23 heavy (non-hydrogen) atoms. The normalized spacial score (nSPS) is 13.8. The fraction of sp³-hybridized carbons (Fsp3) is 0.412. The molecule has 0 fully saturated rings. The van der Waals surface area contributed by atoms with Gasteiger partial charge in [-0.2, -0.15) is 5.10 Å². The van der Waals surface area contributed by atoms with Crippen molar-refractivity contribution < 1.29 is 9.90 Å². The Balaban J connectivity index is 1.92. The topological polar surface area (TPSA) is 70.4 Å². The van der Waals surface area contributed by atoms with Crippen molar-refractivity contribution in [3.05, 3.63) is 48.2 Å². The summed E-state index contributed by atoms with van der Waals surface area (Å²) in [6.45, 7) is 3.26. The van der Waals surface area contributed by atoms with Gasteiger partial charge in [0.25, 0.3) is 0 Å². The van der Waals surface area contributed by atoms with E-state index in [1.807, 2.05) is 50.6 Å². The zero-order valence-electron chi connectivity index (χ0n) is 13.9. The molecule has 0 spiro atoms. The Morgan fingerprint density at radius 3 is 2.65 bits per heavy atom. The molecular formula is C17H24N4O2. The van der Waals surface area contributed by atoms with Gasteiger partial charge in [-0.15, -0.1) is 0 Å². The molecule has 2 rings (SSSR count). The van der Waals surface area contributed by atoms with Crippen molar-refractivity contribution in [1.29, 1.82) is 0 Å². The number of likely N-dealkylation sites (N-methyl/N-ethyl adjacent to an activating group) is 1. The van der Waals surface area contributed by atoms with Crippen LogP contribution in [0.4, 0.5) is 5.82 Å². The summed E-state index contributed by atoms with van der Waals surface area (Å²) in [4.78, 5) is 14.2. The Labute approximate surface area is 136 Å². The SMILES string of the molecule is CN(C)CCn1ccc(NC(=O)CC(C)(O)c2ccccc2)n1. The smallest absolute Gasteiger partial charge is 0.228 e. The molecule has 0 radical (unpaired) electrons. The third-order valence-electron chi connectivity index (χ3n) is 3.58.